The zero-order valence-electron chi connectivity index (χ0n) is 11.7. The second kappa shape index (κ2) is 6.56. The van der Waals surface area contributed by atoms with E-state index < -0.39 is 9.84 Å². The second-order valence-corrected chi connectivity index (χ2v) is 7.69. The van der Waals surface area contributed by atoms with Crippen molar-refractivity contribution < 1.29 is 13.2 Å². The highest BCUT2D eigenvalue weighted by molar-refractivity contribution is 7.90. The van der Waals surface area contributed by atoms with Crippen LogP contribution in [0, 0.1) is 5.92 Å². The Balaban J connectivity index is 1.93. The molecule has 2 atom stereocenters. The third kappa shape index (κ3) is 4.19. The van der Waals surface area contributed by atoms with E-state index >= 15 is 0 Å². The Kier molecular flexibility index (Phi) is 5.01. The average Bonchev–Trinajstić information content (AvgIpc) is 2.42. The monoisotopic (exact) mass is 298 g/mol. The maximum absolute atomic E-state index is 11.2. The van der Waals surface area contributed by atoms with Gasteiger partial charge in [-0.1, -0.05) is 18.2 Å². The van der Waals surface area contributed by atoms with Gasteiger partial charge in [-0.25, -0.2) is 8.42 Å². The van der Waals surface area contributed by atoms with Gasteiger partial charge in [0.2, 0.25) is 0 Å². The van der Waals surface area contributed by atoms with Crippen molar-refractivity contribution in [3.05, 3.63) is 29.8 Å². The molecule has 0 fully saturated rings. The van der Waals surface area contributed by atoms with Gasteiger partial charge in [-0.2, -0.15) is 0 Å². The molecule has 0 spiro atoms. The fourth-order valence-electron chi connectivity index (χ4n) is 2.63. The molecule has 3 N–H and O–H groups in total. The molecule has 1 heterocycles. The molecule has 0 saturated carbocycles. The molecule has 0 radical (unpaired) electrons. The van der Waals surface area contributed by atoms with Crippen LogP contribution in [0.1, 0.15) is 18.4 Å². The first-order valence-electron chi connectivity index (χ1n) is 6.84. The average molecular weight is 298 g/mol. The number of hydrogen-bond donors (Lipinski definition) is 2. The highest BCUT2D eigenvalue weighted by Gasteiger charge is 2.26. The molecule has 0 bridgehead atoms. The van der Waals surface area contributed by atoms with Crippen molar-refractivity contribution in [1.29, 1.82) is 0 Å². The number of nitrogens with two attached hydrogens (primary N) is 1. The van der Waals surface area contributed by atoms with Crippen LogP contribution in [0.3, 0.4) is 0 Å². The summed E-state index contributed by atoms with van der Waals surface area (Å²) >= 11 is 0. The molecule has 1 aliphatic rings. The molecule has 0 amide bonds. The molecule has 1 aliphatic heterocycles. The number of nitrogens with one attached hydrogen (secondary N) is 1. The lowest BCUT2D eigenvalue weighted by Gasteiger charge is -2.31. The lowest BCUT2D eigenvalue weighted by Crippen LogP contribution is -2.45. The molecule has 1 aromatic carbocycles. The van der Waals surface area contributed by atoms with Crippen LogP contribution in [0.25, 0.3) is 0 Å². The highest BCUT2D eigenvalue weighted by atomic mass is 32.2. The maximum Gasteiger partial charge on any atom is 0.147 e. The number of rotatable bonds is 6. The van der Waals surface area contributed by atoms with E-state index in [-0.39, 0.29) is 17.7 Å². The summed E-state index contributed by atoms with van der Waals surface area (Å²) in [6.07, 6.45) is 3.52. The molecule has 0 saturated heterocycles. The second-order valence-electron chi connectivity index (χ2n) is 5.43. The van der Waals surface area contributed by atoms with Crippen LogP contribution in [0.4, 0.5) is 0 Å². The Labute approximate surface area is 120 Å². The predicted molar refractivity (Wildman–Crippen MR) is 79.2 cm³/mol. The lowest BCUT2D eigenvalue weighted by atomic mass is 9.88. The smallest absolute Gasteiger partial charge is 0.147 e. The summed E-state index contributed by atoms with van der Waals surface area (Å²) in [7, 11) is -2.91. The van der Waals surface area contributed by atoms with Crippen molar-refractivity contribution in [2.24, 2.45) is 11.8 Å². The zero-order chi connectivity index (χ0) is 14.6. The Hall–Kier alpha value is -1.11. The summed E-state index contributed by atoms with van der Waals surface area (Å²) < 4.78 is 28.1. The van der Waals surface area contributed by atoms with Gasteiger partial charge in [-0.05, 0) is 30.9 Å². The van der Waals surface area contributed by atoms with Crippen molar-refractivity contribution in [2.45, 2.75) is 25.3 Å². The van der Waals surface area contributed by atoms with Crippen molar-refractivity contribution in [3.63, 3.8) is 0 Å². The number of hydrazine groups is 1. The fourth-order valence-corrected chi connectivity index (χ4v) is 3.32. The van der Waals surface area contributed by atoms with E-state index in [1.165, 1.54) is 11.8 Å². The largest absolute Gasteiger partial charge is 0.493 e. The summed E-state index contributed by atoms with van der Waals surface area (Å²) in [6, 6.07) is 8.07. The summed E-state index contributed by atoms with van der Waals surface area (Å²) in [6.45, 7) is 0.616. The normalized spacial score (nSPS) is 20.0. The van der Waals surface area contributed by atoms with Crippen LogP contribution >= 0.6 is 0 Å². The van der Waals surface area contributed by atoms with Gasteiger partial charge in [0.25, 0.3) is 0 Å². The van der Waals surface area contributed by atoms with Crippen LogP contribution in [0.15, 0.2) is 24.3 Å². The summed E-state index contributed by atoms with van der Waals surface area (Å²) in [5.41, 5.74) is 4.00. The molecule has 5 nitrogen and oxygen atoms in total. The standard InChI is InChI=1S/C14H22N2O3S/c1-20(17,18)8-4-6-13(16-15)12-9-11-5-2-3-7-14(11)19-10-12/h2-3,5,7,12-13,16H,4,6,8-10,15H2,1H3. The minimum absolute atomic E-state index is 0.0742. The summed E-state index contributed by atoms with van der Waals surface area (Å²) in [5.74, 6) is 7.04. The summed E-state index contributed by atoms with van der Waals surface area (Å²) in [4.78, 5) is 0. The van der Waals surface area contributed by atoms with E-state index in [1.807, 2.05) is 18.2 Å². The highest BCUT2D eigenvalue weighted by Crippen LogP contribution is 2.29. The first-order chi connectivity index (χ1) is 9.49. The molecule has 0 aliphatic carbocycles. The van der Waals surface area contributed by atoms with Crippen LogP contribution in [0.5, 0.6) is 5.75 Å². The van der Waals surface area contributed by atoms with E-state index in [0.717, 1.165) is 18.6 Å². The van der Waals surface area contributed by atoms with Gasteiger partial charge in [0.1, 0.15) is 15.6 Å². The van der Waals surface area contributed by atoms with E-state index in [4.69, 9.17) is 10.6 Å². The molecule has 20 heavy (non-hydrogen) atoms. The topological polar surface area (TPSA) is 81.4 Å². The van der Waals surface area contributed by atoms with Crippen LogP contribution in [0.2, 0.25) is 0 Å². The van der Waals surface area contributed by atoms with Gasteiger partial charge in [0.15, 0.2) is 0 Å². The lowest BCUT2D eigenvalue weighted by molar-refractivity contribution is 0.179. The van der Waals surface area contributed by atoms with Crippen molar-refractivity contribution in [1.82, 2.24) is 5.43 Å². The molecule has 1 aromatic rings. The SMILES string of the molecule is CS(=O)(=O)CCCC(NN)C1COc2ccccc2C1. The van der Waals surface area contributed by atoms with Crippen LogP contribution in [-0.2, 0) is 16.3 Å². The third-order valence-corrected chi connectivity index (χ3v) is 4.75. The van der Waals surface area contributed by atoms with Crippen molar-refractivity contribution >= 4 is 9.84 Å². The Bertz CT molecular complexity index is 545. The van der Waals surface area contributed by atoms with Gasteiger partial charge in [-0.3, -0.25) is 11.3 Å². The number of fused-ring (bicyclic) bond motifs is 1. The van der Waals surface area contributed by atoms with Gasteiger partial charge in [-0.15, -0.1) is 0 Å². The quantitative estimate of drug-likeness (QED) is 0.602. The Morgan fingerprint density at radius 2 is 2.20 bits per heavy atom. The van der Waals surface area contributed by atoms with Gasteiger partial charge in [0, 0.05) is 24.0 Å². The maximum atomic E-state index is 11.2. The van der Waals surface area contributed by atoms with Crippen LogP contribution < -0.4 is 16.0 Å². The number of para-hydroxylation sites is 1. The van der Waals surface area contributed by atoms with Gasteiger partial charge < -0.3 is 4.74 Å². The summed E-state index contributed by atoms with van der Waals surface area (Å²) in [5, 5.41) is 0. The molecule has 2 rings (SSSR count). The van der Waals surface area contributed by atoms with E-state index in [2.05, 4.69) is 11.5 Å². The number of sulfone groups is 1. The first-order valence-corrected chi connectivity index (χ1v) is 8.90. The minimum Gasteiger partial charge on any atom is -0.493 e. The molecule has 6 heteroatoms. The number of hydrogen-bond acceptors (Lipinski definition) is 5. The molecule has 2 unspecified atom stereocenters. The molecule has 112 valence electrons. The third-order valence-electron chi connectivity index (χ3n) is 3.72. The van der Waals surface area contributed by atoms with E-state index in [9.17, 15) is 8.42 Å². The van der Waals surface area contributed by atoms with Gasteiger partial charge >= 0.3 is 0 Å². The number of benzene rings is 1. The Morgan fingerprint density at radius 1 is 1.45 bits per heavy atom. The molecular weight excluding hydrogens is 276 g/mol. The van der Waals surface area contributed by atoms with Gasteiger partial charge in [0.05, 0.1) is 6.61 Å². The van der Waals surface area contributed by atoms with E-state index in [1.54, 1.807) is 0 Å². The fraction of sp³-hybridized carbons (Fsp3) is 0.571. The van der Waals surface area contributed by atoms with E-state index in [0.29, 0.717) is 13.0 Å². The first kappa shape index (κ1) is 15.3. The number of ether oxygens (including phenoxy) is 1. The molecular formula is C14H22N2O3S. The Morgan fingerprint density at radius 3 is 2.90 bits per heavy atom. The molecule has 0 aromatic heterocycles. The van der Waals surface area contributed by atoms with Crippen LogP contribution in [-0.4, -0.2) is 33.1 Å². The van der Waals surface area contributed by atoms with Crippen molar-refractivity contribution in [2.75, 3.05) is 18.6 Å². The van der Waals surface area contributed by atoms with Crippen molar-refractivity contribution in [3.8, 4) is 5.75 Å². The zero-order valence-corrected chi connectivity index (χ0v) is 12.5. The minimum atomic E-state index is -2.91. The predicted octanol–water partition coefficient (Wildman–Crippen LogP) is 0.894.